The quantitative estimate of drug-likeness (QED) is 0.278. The van der Waals surface area contributed by atoms with E-state index in [9.17, 15) is 8.78 Å². The van der Waals surface area contributed by atoms with Gasteiger partial charge in [0.25, 0.3) is 0 Å². The third kappa shape index (κ3) is 5.64. The van der Waals surface area contributed by atoms with Crippen LogP contribution >= 0.6 is 8.73 Å². The SMILES string of the molecule is CBc1ccc(-n2cc(C3OCCPN3CCc3cc(N)c(N)cc3F)c(C3=CCC(F)C=C3)n2)cc1. The van der Waals surface area contributed by atoms with Gasteiger partial charge in [0.1, 0.15) is 18.2 Å². The first-order valence-corrected chi connectivity index (χ1v) is 13.7. The molecule has 0 saturated carbocycles. The number of ether oxygens (including phenoxy) is 1. The summed E-state index contributed by atoms with van der Waals surface area (Å²) in [5.74, 6) is -0.355. The van der Waals surface area contributed by atoms with E-state index >= 15 is 0 Å². The van der Waals surface area contributed by atoms with E-state index in [0.717, 1.165) is 36.0 Å². The van der Waals surface area contributed by atoms with E-state index in [2.05, 4.69) is 35.8 Å². The maximum absolute atomic E-state index is 14.5. The zero-order chi connectivity index (χ0) is 25.9. The fourth-order valence-corrected chi connectivity index (χ4v) is 5.80. The molecule has 2 aliphatic rings. The third-order valence-corrected chi connectivity index (χ3v) is 8.08. The molecule has 1 aromatic heterocycles. The average molecular weight is 521 g/mol. The molecule has 5 rings (SSSR count). The lowest BCUT2D eigenvalue weighted by Crippen LogP contribution is -2.31. The molecule has 1 aliphatic carbocycles. The second-order valence-electron chi connectivity index (χ2n) is 9.32. The van der Waals surface area contributed by atoms with Crippen molar-refractivity contribution in [2.24, 2.45) is 0 Å². The molecule has 3 unspecified atom stereocenters. The van der Waals surface area contributed by atoms with Gasteiger partial charge in [-0.1, -0.05) is 36.6 Å². The monoisotopic (exact) mass is 521 g/mol. The zero-order valence-corrected chi connectivity index (χ0v) is 21.8. The highest BCUT2D eigenvalue weighted by molar-refractivity contribution is 7.35. The van der Waals surface area contributed by atoms with E-state index < -0.39 is 6.17 Å². The summed E-state index contributed by atoms with van der Waals surface area (Å²) in [6.07, 6.45) is 7.62. The highest BCUT2D eigenvalue weighted by atomic mass is 31.1. The Morgan fingerprint density at radius 3 is 2.70 bits per heavy atom. The molecule has 3 atom stereocenters. The minimum Gasteiger partial charge on any atom is -0.397 e. The Morgan fingerprint density at radius 2 is 1.97 bits per heavy atom. The van der Waals surface area contributed by atoms with Crippen molar-refractivity contribution in [1.29, 1.82) is 0 Å². The number of nitrogens with zero attached hydrogens (tertiary/aromatic N) is 3. The fraction of sp³-hybridized carbons (Fsp3) is 0.296. The molecule has 10 heteroatoms. The number of hydrogen-bond donors (Lipinski definition) is 2. The molecular formula is C27H31BF2N5OP. The predicted octanol–water partition coefficient (Wildman–Crippen LogP) is 4.13. The smallest absolute Gasteiger partial charge is 0.154 e. The van der Waals surface area contributed by atoms with Crippen LogP contribution in [0.25, 0.3) is 11.3 Å². The van der Waals surface area contributed by atoms with Gasteiger partial charge in [0.2, 0.25) is 0 Å². The lowest BCUT2D eigenvalue weighted by Gasteiger charge is -2.35. The number of anilines is 2. The van der Waals surface area contributed by atoms with Gasteiger partial charge >= 0.3 is 0 Å². The Morgan fingerprint density at radius 1 is 1.19 bits per heavy atom. The minimum atomic E-state index is -0.984. The number of rotatable bonds is 7. The van der Waals surface area contributed by atoms with E-state index in [0.29, 0.717) is 46.0 Å². The summed E-state index contributed by atoms with van der Waals surface area (Å²) in [7, 11) is 1.48. The van der Waals surface area contributed by atoms with Crippen molar-refractivity contribution in [3.05, 3.63) is 83.5 Å². The van der Waals surface area contributed by atoms with Gasteiger partial charge in [-0.2, -0.15) is 5.10 Å². The van der Waals surface area contributed by atoms with Crippen molar-refractivity contribution in [2.75, 3.05) is 30.8 Å². The number of aromatic nitrogens is 2. The van der Waals surface area contributed by atoms with Gasteiger partial charge in [0, 0.05) is 30.9 Å². The Balaban J connectivity index is 1.47. The van der Waals surface area contributed by atoms with Gasteiger partial charge in [-0.25, -0.2) is 13.5 Å². The van der Waals surface area contributed by atoms with Crippen molar-refractivity contribution < 1.29 is 13.5 Å². The summed E-state index contributed by atoms with van der Waals surface area (Å²) in [5, 5.41) is 4.93. The molecule has 0 spiro atoms. The highest BCUT2D eigenvalue weighted by Gasteiger charge is 2.30. The summed E-state index contributed by atoms with van der Waals surface area (Å²) in [5.41, 5.74) is 17.6. The van der Waals surface area contributed by atoms with Crippen LogP contribution in [0.3, 0.4) is 0 Å². The normalized spacial score (nSPS) is 20.8. The highest BCUT2D eigenvalue weighted by Crippen LogP contribution is 2.40. The maximum atomic E-state index is 14.5. The Kier molecular flexibility index (Phi) is 7.75. The number of hydrogen-bond acceptors (Lipinski definition) is 5. The third-order valence-electron chi connectivity index (χ3n) is 6.79. The van der Waals surface area contributed by atoms with Gasteiger partial charge in [0.05, 0.1) is 29.4 Å². The number of allylic oxidation sites excluding steroid dienone is 4. The molecule has 0 radical (unpaired) electrons. The Labute approximate surface area is 218 Å². The average Bonchev–Trinajstić information content (AvgIpc) is 3.36. The number of alkyl halides is 1. The lowest BCUT2D eigenvalue weighted by atomic mass is 9.73. The molecule has 2 aromatic carbocycles. The van der Waals surface area contributed by atoms with Crippen molar-refractivity contribution in [2.45, 2.75) is 32.1 Å². The molecule has 0 bridgehead atoms. The van der Waals surface area contributed by atoms with E-state index in [1.54, 1.807) is 18.2 Å². The first kappa shape index (κ1) is 25.6. The largest absolute Gasteiger partial charge is 0.397 e. The van der Waals surface area contributed by atoms with Gasteiger partial charge in [-0.3, -0.25) is 4.67 Å². The second kappa shape index (κ2) is 11.2. The van der Waals surface area contributed by atoms with Crippen LogP contribution in [0.4, 0.5) is 20.2 Å². The molecule has 192 valence electrons. The van der Waals surface area contributed by atoms with Crippen molar-refractivity contribution in [3.63, 3.8) is 0 Å². The molecule has 1 saturated heterocycles. The Bertz CT molecular complexity index is 1330. The second-order valence-corrected chi connectivity index (χ2v) is 10.7. The van der Waals surface area contributed by atoms with Crippen LogP contribution < -0.4 is 16.9 Å². The van der Waals surface area contributed by atoms with Gasteiger partial charge in [-0.05, 0) is 56.6 Å². The standard InChI is InChI=1S/C27H31BF2N5OP/c1-28-19-4-8-21(9-5-19)34-16-22(26(33-34)17-2-6-20(29)7-3-17)27-35(37-13-12-36-27)11-10-18-14-24(31)25(32)15-23(18)30/h2-6,8-9,14-16,20,27-28,37H,7,10-13,31-32H2,1H3. The van der Waals surface area contributed by atoms with Crippen LogP contribution in [-0.4, -0.2) is 47.2 Å². The Hall–Kier alpha value is -3.00. The summed E-state index contributed by atoms with van der Waals surface area (Å²) >= 11 is 0. The predicted molar refractivity (Wildman–Crippen MR) is 150 cm³/mol. The molecule has 3 aromatic rings. The van der Waals surface area contributed by atoms with Crippen molar-refractivity contribution in [3.8, 4) is 5.69 Å². The van der Waals surface area contributed by atoms with Crippen LogP contribution in [0, 0.1) is 5.82 Å². The van der Waals surface area contributed by atoms with Crippen LogP contribution in [0.1, 0.15) is 29.5 Å². The number of nitrogen functional groups attached to an aromatic ring is 2. The molecule has 4 N–H and O–H groups in total. The lowest BCUT2D eigenvalue weighted by molar-refractivity contribution is -0.0223. The van der Waals surface area contributed by atoms with E-state index in [1.165, 1.54) is 11.5 Å². The number of benzene rings is 2. The molecule has 37 heavy (non-hydrogen) atoms. The summed E-state index contributed by atoms with van der Waals surface area (Å²) in [6, 6.07) is 11.2. The van der Waals surface area contributed by atoms with Crippen LogP contribution in [0.5, 0.6) is 0 Å². The van der Waals surface area contributed by atoms with Gasteiger partial charge in [-0.15, -0.1) is 0 Å². The van der Waals surface area contributed by atoms with Gasteiger partial charge < -0.3 is 16.2 Å². The minimum absolute atomic E-state index is 0.246. The molecule has 2 heterocycles. The van der Waals surface area contributed by atoms with Crippen LogP contribution in [-0.2, 0) is 11.2 Å². The first-order chi connectivity index (χ1) is 17.9. The van der Waals surface area contributed by atoms with Crippen molar-refractivity contribution >= 4 is 38.4 Å². The summed E-state index contributed by atoms with van der Waals surface area (Å²) in [6.45, 7) is 3.33. The molecule has 1 fully saturated rings. The summed E-state index contributed by atoms with van der Waals surface area (Å²) in [4.78, 5) is 0. The first-order valence-electron chi connectivity index (χ1n) is 12.6. The van der Waals surface area contributed by atoms with Crippen LogP contribution in [0.2, 0.25) is 6.82 Å². The van der Waals surface area contributed by atoms with E-state index in [4.69, 9.17) is 21.3 Å². The fourth-order valence-electron chi connectivity index (χ4n) is 4.65. The molecule has 6 nitrogen and oxygen atoms in total. The molecule has 1 aliphatic heterocycles. The molecular weight excluding hydrogens is 490 g/mol. The van der Waals surface area contributed by atoms with E-state index in [1.807, 2.05) is 17.0 Å². The number of nitrogens with two attached hydrogens (primary N) is 2. The van der Waals surface area contributed by atoms with Gasteiger partial charge in [0.15, 0.2) is 7.28 Å². The van der Waals surface area contributed by atoms with Crippen molar-refractivity contribution in [1.82, 2.24) is 14.5 Å². The summed E-state index contributed by atoms with van der Waals surface area (Å²) < 4.78 is 38.8. The van der Waals surface area contributed by atoms with E-state index in [-0.39, 0.29) is 17.7 Å². The topological polar surface area (TPSA) is 82.3 Å². The molecule has 0 amide bonds. The number of halogens is 2. The zero-order valence-electron chi connectivity index (χ0n) is 20.8. The van der Waals surface area contributed by atoms with Crippen LogP contribution in [0.15, 0.2) is 60.8 Å². The maximum Gasteiger partial charge on any atom is 0.154 e.